The third-order valence-corrected chi connectivity index (χ3v) is 12.0. The summed E-state index contributed by atoms with van der Waals surface area (Å²) in [5.74, 6) is 1.58. The van der Waals surface area contributed by atoms with Crippen molar-refractivity contribution < 1.29 is 15.0 Å². The third-order valence-electron chi connectivity index (χ3n) is 12.0. The fourth-order valence-electron chi connectivity index (χ4n) is 9.98. The molecule has 32 heavy (non-hydrogen) atoms. The lowest BCUT2D eigenvalue weighted by Crippen LogP contribution is -2.66. The minimum Gasteiger partial charge on any atom is -0.393 e. The van der Waals surface area contributed by atoms with E-state index in [0.29, 0.717) is 24.0 Å². The highest BCUT2D eigenvalue weighted by atomic mass is 16.3. The molecule has 2 N–H and O–H groups in total. The summed E-state index contributed by atoms with van der Waals surface area (Å²) in [6, 6.07) is 0. The molecule has 0 heterocycles. The number of allylic oxidation sites excluding steroid dienone is 2. The molecular weight excluding hydrogens is 396 g/mol. The van der Waals surface area contributed by atoms with Crippen molar-refractivity contribution in [2.24, 2.45) is 45.3 Å². The van der Waals surface area contributed by atoms with Crippen LogP contribution in [0.2, 0.25) is 0 Å². The van der Waals surface area contributed by atoms with Crippen LogP contribution in [-0.2, 0) is 4.79 Å². The topological polar surface area (TPSA) is 57.5 Å². The summed E-state index contributed by atoms with van der Waals surface area (Å²) < 4.78 is 0. The van der Waals surface area contributed by atoms with E-state index in [4.69, 9.17) is 0 Å². The number of rotatable bonds is 4. The van der Waals surface area contributed by atoms with E-state index < -0.39 is 5.60 Å². The maximum Gasteiger partial charge on any atom is 0.138 e. The summed E-state index contributed by atoms with van der Waals surface area (Å²) in [5.41, 5.74) is -0.721. The second kappa shape index (κ2) is 7.67. The molecule has 9 atom stereocenters. The van der Waals surface area contributed by atoms with Crippen LogP contribution in [0, 0.1) is 45.3 Å². The number of aliphatic hydroxyl groups excluding tert-OH is 1. The van der Waals surface area contributed by atoms with Crippen LogP contribution < -0.4 is 0 Å². The number of ketones is 1. The Hall–Kier alpha value is -0.670. The van der Waals surface area contributed by atoms with E-state index in [1.807, 2.05) is 13.8 Å². The van der Waals surface area contributed by atoms with Crippen LogP contribution in [0.25, 0.3) is 0 Å². The number of fused-ring (bicyclic) bond motifs is 5. The Kier molecular flexibility index (Phi) is 5.86. The van der Waals surface area contributed by atoms with Crippen LogP contribution in [0.4, 0.5) is 0 Å². The van der Waals surface area contributed by atoms with E-state index in [2.05, 4.69) is 46.8 Å². The highest BCUT2D eigenvalue weighted by Gasteiger charge is 2.71. The van der Waals surface area contributed by atoms with Gasteiger partial charge in [-0.25, -0.2) is 0 Å². The van der Waals surface area contributed by atoms with Crippen molar-refractivity contribution in [3.8, 4) is 0 Å². The molecule has 4 unspecified atom stereocenters. The third kappa shape index (κ3) is 3.16. The van der Waals surface area contributed by atoms with E-state index in [-0.39, 0.29) is 39.6 Å². The molecule has 0 aliphatic heterocycles. The standard InChI is InChI=1S/C29H48O3/c1-8-9-10-14-29(7,32)19-11-16-28(6)24(19)20(30)18-22-26(4)15-13-23(31)25(2,3)21(26)12-17-27(22,28)5/h8-9,19-22,24,30,32H,10-18H2,1-7H3/b9-8+/t19?,20-,21?,22?,24?,26+,27-,28-,29+/m1/s1. The van der Waals surface area contributed by atoms with E-state index in [1.54, 1.807) is 0 Å². The lowest BCUT2D eigenvalue weighted by atomic mass is 9.35. The Morgan fingerprint density at radius 2 is 1.69 bits per heavy atom. The van der Waals surface area contributed by atoms with E-state index in [0.717, 1.165) is 51.4 Å². The van der Waals surface area contributed by atoms with Gasteiger partial charge >= 0.3 is 0 Å². The number of carbonyl (C=O) groups excluding carboxylic acids is 1. The molecule has 0 bridgehead atoms. The smallest absolute Gasteiger partial charge is 0.138 e. The molecule has 0 aromatic carbocycles. The van der Waals surface area contributed by atoms with Crippen molar-refractivity contribution in [3.63, 3.8) is 0 Å². The number of carbonyl (C=O) groups is 1. The molecule has 0 aromatic rings. The fourth-order valence-corrected chi connectivity index (χ4v) is 9.98. The monoisotopic (exact) mass is 444 g/mol. The maximum absolute atomic E-state index is 12.8. The van der Waals surface area contributed by atoms with Crippen molar-refractivity contribution in [1.82, 2.24) is 0 Å². The zero-order chi connectivity index (χ0) is 23.7. The van der Waals surface area contributed by atoms with Gasteiger partial charge in [0.1, 0.15) is 5.78 Å². The summed E-state index contributed by atoms with van der Waals surface area (Å²) in [6.07, 6.45) is 12.3. The Labute approximate surface area is 196 Å². The van der Waals surface area contributed by atoms with Crippen molar-refractivity contribution in [2.45, 2.75) is 118 Å². The van der Waals surface area contributed by atoms with Gasteiger partial charge in [-0.05, 0) is 105 Å². The zero-order valence-electron chi connectivity index (χ0n) is 21.7. The summed E-state index contributed by atoms with van der Waals surface area (Å²) in [4.78, 5) is 12.8. The molecule has 0 amide bonds. The van der Waals surface area contributed by atoms with Crippen LogP contribution in [-0.4, -0.2) is 27.7 Å². The number of hydrogen-bond acceptors (Lipinski definition) is 3. The van der Waals surface area contributed by atoms with E-state index in [1.165, 1.54) is 0 Å². The SMILES string of the molecule is C/C=C/CC[C@](C)(O)C1CC[C@]2(C)C1[C@H](O)CC1[C@@]3(C)CCC(=O)C(C)(C)C3CC[C@]12C. The summed E-state index contributed by atoms with van der Waals surface area (Å²) in [7, 11) is 0. The molecule has 4 saturated carbocycles. The van der Waals surface area contributed by atoms with Gasteiger partial charge in [-0.2, -0.15) is 0 Å². The molecular formula is C29H48O3. The van der Waals surface area contributed by atoms with Gasteiger partial charge in [0.15, 0.2) is 0 Å². The van der Waals surface area contributed by atoms with Crippen LogP contribution in [0.15, 0.2) is 12.2 Å². The molecule has 0 aromatic heterocycles. The second-order valence-electron chi connectivity index (χ2n) is 13.6. The van der Waals surface area contributed by atoms with Crippen LogP contribution in [0.3, 0.4) is 0 Å². The van der Waals surface area contributed by atoms with Gasteiger partial charge < -0.3 is 10.2 Å². The average Bonchev–Trinajstić information content (AvgIpc) is 3.08. The lowest BCUT2D eigenvalue weighted by molar-refractivity contribution is -0.232. The van der Waals surface area contributed by atoms with Crippen LogP contribution >= 0.6 is 0 Å². The van der Waals surface area contributed by atoms with Gasteiger partial charge in [0.05, 0.1) is 11.7 Å². The Morgan fingerprint density at radius 1 is 1.03 bits per heavy atom. The zero-order valence-corrected chi connectivity index (χ0v) is 21.7. The van der Waals surface area contributed by atoms with Crippen molar-refractivity contribution in [1.29, 1.82) is 0 Å². The molecule has 4 aliphatic carbocycles. The number of aliphatic hydroxyl groups is 2. The molecule has 182 valence electrons. The summed E-state index contributed by atoms with van der Waals surface area (Å²) in [5, 5.41) is 23.2. The van der Waals surface area contributed by atoms with Crippen LogP contribution in [0.1, 0.15) is 106 Å². The molecule has 0 radical (unpaired) electrons. The molecule has 0 saturated heterocycles. The quantitative estimate of drug-likeness (QED) is 0.499. The lowest BCUT2D eigenvalue weighted by Gasteiger charge is -2.69. The Bertz CT molecular complexity index is 781. The first-order valence-electron chi connectivity index (χ1n) is 13.3. The number of hydrogen-bond donors (Lipinski definition) is 2. The highest BCUT2D eigenvalue weighted by Crippen LogP contribution is 2.75. The van der Waals surface area contributed by atoms with Crippen molar-refractivity contribution in [2.75, 3.05) is 0 Å². The average molecular weight is 445 g/mol. The summed E-state index contributed by atoms with van der Waals surface area (Å²) in [6.45, 7) is 15.8. The van der Waals surface area contributed by atoms with Gasteiger partial charge in [-0.3, -0.25) is 4.79 Å². The van der Waals surface area contributed by atoms with Gasteiger partial charge in [-0.15, -0.1) is 0 Å². The molecule has 3 nitrogen and oxygen atoms in total. The minimum atomic E-state index is -0.744. The summed E-state index contributed by atoms with van der Waals surface area (Å²) >= 11 is 0. The van der Waals surface area contributed by atoms with Crippen molar-refractivity contribution in [3.05, 3.63) is 12.2 Å². The fraction of sp³-hybridized carbons (Fsp3) is 0.897. The second-order valence-corrected chi connectivity index (χ2v) is 13.6. The molecule has 4 rings (SSSR count). The van der Waals surface area contributed by atoms with Crippen molar-refractivity contribution >= 4 is 5.78 Å². The first kappa shape index (κ1) is 24.5. The maximum atomic E-state index is 12.8. The first-order valence-corrected chi connectivity index (χ1v) is 13.3. The van der Waals surface area contributed by atoms with Crippen LogP contribution in [0.5, 0.6) is 0 Å². The predicted octanol–water partition coefficient (Wildman–Crippen LogP) is 6.32. The predicted molar refractivity (Wildman–Crippen MR) is 130 cm³/mol. The van der Waals surface area contributed by atoms with Gasteiger partial charge in [0, 0.05) is 11.8 Å². The Morgan fingerprint density at radius 3 is 2.34 bits per heavy atom. The first-order chi connectivity index (χ1) is 14.8. The van der Waals surface area contributed by atoms with E-state index in [9.17, 15) is 15.0 Å². The highest BCUT2D eigenvalue weighted by molar-refractivity contribution is 5.85. The largest absolute Gasteiger partial charge is 0.393 e. The van der Waals surface area contributed by atoms with E-state index >= 15 is 0 Å². The Balaban J connectivity index is 1.69. The minimum absolute atomic E-state index is 0.0319. The van der Waals surface area contributed by atoms with Gasteiger partial charge in [0.25, 0.3) is 0 Å². The molecule has 0 spiro atoms. The van der Waals surface area contributed by atoms with Gasteiger partial charge in [0.2, 0.25) is 0 Å². The van der Waals surface area contributed by atoms with Gasteiger partial charge in [-0.1, -0.05) is 46.8 Å². The normalized spacial score (nSPS) is 49.9. The molecule has 3 heteroatoms. The number of Topliss-reactive ketones (excluding diaryl/α,β-unsaturated/α-hetero) is 1. The molecule has 4 aliphatic rings. The molecule has 4 fully saturated rings.